The second-order valence-corrected chi connectivity index (χ2v) is 3.45. The first kappa shape index (κ1) is 10.8. The zero-order valence-corrected chi connectivity index (χ0v) is 9.25. The molecule has 0 bridgehead atoms. The van der Waals surface area contributed by atoms with Crippen LogP contribution in [0.1, 0.15) is 13.8 Å². The van der Waals surface area contributed by atoms with Crippen molar-refractivity contribution in [1.82, 2.24) is 10.0 Å². The first-order valence-electron chi connectivity index (χ1n) is 5.31. The van der Waals surface area contributed by atoms with Gasteiger partial charge in [0.25, 0.3) is 0 Å². The number of amides is 2. The standard InChI is InChI=1S/C10H14N2O4/c1-3-15-9(13)11-7-5-6-8(7)12(11)10(14)16-4-2/h5-8H,3-4H2,1-2H3. The predicted molar refractivity (Wildman–Crippen MR) is 54.4 cm³/mol. The number of carbonyl (C=O) groups excluding carboxylic acids is 2. The summed E-state index contributed by atoms with van der Waals surface area (Å²) in [6, 6.07) is -0.105. The fourth-order valence-corrected chi connectivity index (χ4v) is 1.78. The van der Waals surface area contributed by atoms with E-state index in [0.717, 1.165) is 0 Å². The molecule has 0 saturated carbocycles. The van der Waals surface area contributed by atoms with Gasteiger partial charge in [-0.05, 0) is 13.8 Å². The molecule has 2 atom stereocenters. The average molecular weight is 226 g/mol. The van der Waals surface area contributed by atoms with Gasteiger partial charge >= 0.3 is 12.2 Å². The first-order chi connectivity index (χ1) is 7.70. The Morgan fingerprint density at radius 2 is 1.38 bits per heavy atom. The van der Waals surface area contributed by atoms with E-state index in [4.69, 9.17) is 9.47 Å². The summed E-state index contributed by atoms with van der Waals surface area (Å²) in [6.45, 7) is 4.02. The van der Waals surface area contributed by atoms with Crippen LogP contribution in [0.15, 0.2) is 12.2 Å². The molecule has 0 aromatic heterocycles. The molecule has 2 unspecified atom stereocenters. The van der Waals surface area contributed by atoms with Gasteiger partial charge in [-0.15, -0.1) is 0 Å². The van der Waals surface area contributed by atoms with Gasteiger partial charge in [-0.3, -0.25) is 0 Å². The van der Waals surface area contributed by atoms with Crippen LogP contribution in [-0.4, -0.2) is 47.5 Å². The van der Waals surface area contributed by atoms with Crippen molar-refractivity contribution in [2.24, 2.45) is 0 Å². The third-order valence-electron chi connectivity index (χ3n) is 2.56. The molecule has 2 amide bonds. The number of carbonyl (C=O) groups is 2. The quantitative estimate of drug-likeness (QED) is 0.662. The second-order valence-electron chi connectivity index (χ2n) is 3.45. The van der Waals surface area contributed by atoms with Crippen molar-refractivity contribution in [3.8, 4) is 0 Å². The van der Waals surface area contributed by atoms with E-state index in [9.17, 15) is 9.59 Å². The fourth-order valence-electron chi connectivity index (χ4n) is 1.78. The predicted octanol–water partition coefficient (Wildman–Crippen LogP) is 1.14. The summed E-state index contributed by atoms with van der Waals surface area (Å²) in [6.07, 6.45) is 2.69. The summed E-state index contributed by atoms with van der Waals surface area (Å²) < 4.78 is 9.72. The topological polar surface area (TPSA) is 59.1 Å². The lowest BCUT2D eigenvalue weighted by Crippen LogP contribution is -2.76. The van der Waals surface area contributed by atoms with Crippen LogP contribution in [0.5, 0.6) is 0 Å². The Morgan fingerprint density at radius 1 is 1.00 bits per heavy atom. The maximum Gasteiger partial charge on any atom is 0.429 e. The first-order valence-corrected chi connectivity index (χ1v) is 5.31. The van der Waals surface area contributed by atoms with Gasteiger partial charge < -0.3 is 9.47 Å². The Hall–Kier alpha value is -1.72. The van der Waals surface area contributed by atoms with Crippen molar-refractivity contribution in [1.29, 1.82) is 0 Å². The Balaban J connectivity index is 2.03. The zero-order valence-electron chi connectivity index (χ0n) is 9.25. The smallest absolute Gasteiger partial charge is 0.429 e. The van der Waals surface area contributed by atoms with Gasteiger partial charge in [0.1, 0.15) is 12.1 Å². The monoisotopic (exact) mass is 226 g/mol. The van der Waals surface area contributed by atoms with Crippen LogP contribution in [0, 0.1) is 0 Å². The third kappa shape index (κ3) is 1.41. The minimum absolute atomic E-state index is 0.0524. The number of fused-ring (bicyclic) bond motifs is 1. The summed E-state index contributed by atoms with van der Waals surface area (Å²) in [4.78, 5) is 23.1. The van der Waals surface area contributed by atoms with Crippen LogP contribution in [0.3, 0.4) is 0 Å². The number of hydrogen-bond acceptors (Lipinski definition) is 4. The summed E-state index contributed by atoms with van der Waals surface area (Å²) in [5.41, 5.74) is 0. The summed E-state index contributed by atoms with van der Waals surface area (Å²) in [7, 11) is 0. The lowest BCUT2D eigenvalue weighted by Gasteiger charge is -2.56. The van der Waals surface area contributed by atoms with Crippen molar-refractivity contribution in [2.75, 3.05) is 13.2 Å². The van der Waals surface area contributed by atoms with Crippen LogP contribution in [0.4, 0.5) is 9.59 Å². The van der Waals surface area contributed by atoms with E-state index in [0.29, 0.717) is 0 Å². The lowest BCUT2D eigenvalue weighted by atomic mass is 9.91. The maximum atomic E-state index is 11.6. The molecule has 1 heterocycles. The van der Waals surface area contributed by atoms with Crippen molar-refractivity contribution in [2.45, 2.75) is 25.9 Å². The van der Waals surface area contributed by atoms with E-state index in [1.165, 1.54) is 10.0 Å². The highest BCUT2D eigenvalue weighted by atomic mass is 16.6. The van der Waals surface area contributed by atoms with Crippen molar-refractivity contribution >= 4 is 12.2 Å². The minimum atomic E-state index is -0.513. The molecule has 0 aromatic carbocycles. The van der Waals surface area contributed by atoms with Crippen LogP contribution < -0.4 is 0 Å². The minimum Gasteiger partial charge on any atom is -0.448 e. The lowest BCUT2D eigenvalue weighted by molar-refractivity contribution is -0.143. The van der Waals surface area contributed by atoms with E-state index < -0.39 is 12.2 Å². The molecule has 6 heteroatoms. The van der Waals surface area contributed by atoms with Gasteiger partial charge in [-0.25, -0.2) is 19.6 Å². The molecule has 1 aliphatic carbocycles. The highest BCUT2D eigenvalue weighted by molar-refractivity contribution is 5.79. The molecular formula is C10H14N2O4. The van der Waals surface area contributed by atoms with E-state index >= 15 is 0 Å². The zero-order chi connectivity index (χ0) is 11.7. The molecule has 0 aromatic rings. The molecule has 1 aliphatic heterocycles. The molecule has 1 saturated heterocycles. The molecule has 1 fully saturated rings. The molecule has 0 N–H and O–H groups in total. The third-order valence-corrected chi connectivity index (χ3v) is 2.56. The van der Waals surface area contributed by atoms with Gasteiger partial charge in [0.2, 0.25) is 0 Å². The van der Waals surface area contributed by atoms with Crippen molar-refractivity contribution in [3.05, 3.63) is 12.2 Å². The van der Waals surface area contributed by atoms with Gasteiger partial charge in [-0.2, -0.15) is 0 Å². The molecule has 2 aliphatic rings. The summed E-state index contributed by atoms with van der Waals surface area (Å²) in [5, 5.41) is 2.57. The van der Waals surface area contributed by atoms with Gasteiger partial charge in [0, 0.05) is 0 Å². The Morgan fingerprint density at radius 3 is 1.62 bits per heavy atom. The van der Waals surface area contributed by atoms with E-state index in [1.54, 1.807) is 13.8 Å². The second kappa shape index (κ2) is 4.03. The SMILES string of the molecule is CCOC(=O)N1C2C=CC2N1C(=O)OCC. The van der Waals surface area contributed by atoms with Crippen LogP contribution in [-0.2, 0) is 9.47 Å². The van der Waals surface area contributed by atoms with E-state index in [1.807, 2.05) is 12.2 Å². The Kier molecular flexibility index (Phi) is 2.72. The number of hydrogen-bond donors (Lipinski definition) is 0. The number of rotatable bonds is 2. The Labute approximate surface area is 93.4 Å². The normalized spacial score (nSPS) is 25.4. The van der Waals surface area contributed by atoms with E-state index in [-0.39, 0.29) is 25.3 Å². The molecule has 0 radical (unpaired) electrons. The molecule has 88 valence electrons. The molecule has 16 heavy (non-hydrogen) atoms. The fraction of sp³-hybridized carbons (Fsp3) is 0.600. The summed E-state index contributed by atoms with van der Waals surface area (Å²) in [5.74, 6) is 0. The van der Waals surface area contributed by atoms with Gasteiger partial charge in [0.15, 0.2) is 0 Å². The number of hydrazine groups is 1. The highest BCUT2D eigenvalue weighted by Crippen LogP contribution is 2.36. The average Bonchev–Trinajstić information content (AvgIpc) is 2.21. The summed E-state index contributed by atoms with van der Waals surface area (Å²) >= 11 is 0. The number of ether oxygens (including phenoxy) is 2. The van der Waals surface area contributed by atoms with Gasteiger partial charge in [0.05, 0.1) is 13.2 Å². The highest BCUT2D eigenvalue weighted by Gasteiger charge is 2.55. The van der Waals surface area contributed by atoms with Crippen molar-refractivity contribution in [3.63, 3.8) is 0 Å². The molecular weight excluding hydrogens is 212 g/mol. The Bertz CT molecular complexity index is 310. The van der Waals surface area contributed by atoms with Crippen molar-refractivity contribution < 1.29 is 19.1 Å². The number of nitrogens with zero attached hydrogens (tertiary/aromatic N) is 2. The van der Waals surface area contributed by atoms with E-state index in [2.05, 4.69) is 0 Å². The molecule has 2 rings (SSSR count). The largest absolute Gasteiger partial charge is 0.448 e. The van der Waals surface area contributed by atoms with Crippen LogP contribution in [0.2, 0.25) is 0 Å². The maximum absolute atomic E-state index is 11.6. The van der Waals surface area contributed by atoms with Gasteiger partial charge in [-0.1, -0.05) is 12.2 Å². The van der Waals surface area contributed by atoms with Crippen LogP contribution in [0.25, 0.3) is 0 Å². The van der Waals surface area contributed by atoms with Crippen LogP contribution >= 0.6 is 0 Å². The molecule has 6 nitrogen and oxygen atoms in total. The molecule has 0 spiro atoms.